The number of carbonyl (C=O) groups is 1. The van der Waals surface area contributed by atoms with Gasteiger partial charge >= 0.3 is 0 Å². The fraction of sp³-hybridized carbons (Fsp3) is 0.364. The summed E-state index contributed by atoms with van der Waals surface area (Å²) in [5, 5.41) is 0. The highest BCUT2D eigenvalue weighted by Gasteiger charge is 2.26. The first-order valence-corrected chi connectivity index (χ1v) is 6.26. The second-order valence-electron chi connectivity index (χ2n) is 4.05. The molecule has 1 saturated heterocycles. The van der Waals surface area contributed by atoms with E-state index in [0.717, 1.165) is 6.07 Å². The average Bonchev–Trinajstić information content (AvgIpc) is 2.69. The minimum atomic E-state index is -0.826. The molecule has 1 aromatic rings. The standard InChI is InChI=1S/C11H11F2IN2O/c12-8-4-9(13)10(14)3-7(8)11(17)16-2-1-6(15)5-16/h3-4,6H,1-2,5,15H2. The monoisotopic (exact) mass is 352 g/mol. The predicted octanol–water partition coefficient (Wildman–Crippen LogP) is 1.74. The number of hydrogen-bond donors (Lipinski definition) is 1. The lowest BCUT2D eigenvalue weighted by Crippen LogP contribution is -2.32. The maximum absolute atomic E-state index is 13.5. The summed E-state index contributed by atoms with van der Waals surface area (Å²) >= 11 is 1.73. The van der Waals surface area contributed by atoms with Gasteiger partial charge in [0.05, 0.1) is 5.56 Å². The minimum Gasteiger partial charge on any atom is -0.337 e. The molecule has 1 aromatic carbocycles. The Morgan fingerprint density at radius 1 is 1.41 bits per heavy atom. The average molecular weight is 352 g/mol. The van der Waals surface area contributed by atoms with Gasteiger partial charge in [0.1, 0.15) is 11.6 Å². The van der Waals surface area contributed by atoms with E-state index in [1.54, 1.807) is 22.6 Å². The van der Waals surface area contributed by atoms with Gasteiger partial charge in [-0.3, -0.25) is 4.79 Å². The van der Waals surface area contributed by atoms with Gasteiger partial charge in [-0.15, -0.1) is 0 Å². The third-order valence-electron chi connectivity index (χ3n) is 2.75. The van der Waals surface area contributed by atoms with Crippen molar-refractivity contribution in [3.05, 3.63) is 32.9 Å². The van der Waals surface area contributed by atoms with Crippen LogP contribution in [0.4, 0.5) is 8.78 Å². The molecule has 0 aromatic heterocycles. The van der Waals surface area contributed by atoms with Crippen molar-refractivity contribution in [1.82, 2.24) is 4.90 Å². The SMILES string of the molecule is NC1CCN(C(=O)c2cc(I)c(F)cc2F)C1. The van der Waals surface area contributed by atoms with E-state index >= 15 is 0 Å². The van der Waals surface area contributed by atoms with Crippen LogP contribution in [-0.4, -0.2) is 29.9 Å². The Labute approximate surface area is 111 Å². The van der Waals surface area contributed by atoms with E-state index < -0.39 is 17.5 Å². The summed E-state index contributed by atoms with van der Waals surface area (Å²) in [7, 11) is 0. The van der Waals surface area contributed by atoms with Crippen molar-refractivity contribution in [1.29, 1.82) is 0 Å². The Morgan fingerprint density at radius 2 is 2.12 bits per heavy atom. The number of rotatable bonds is 1. The van der Waals surface area contributed by atoms with E-state index in [1.165, 1.54) is 11.0 Å². The van der Waals surface area contributed by atoms with E-state index in [-0.39, 0.29) is 15.2 Å². The van der Waals surface area contributed by atoms with Crippen molar-refractivity contribution in [3.63, 3.8) is 0 Å². The Morgan fingerprint density at radius 3 is 2.71 bits per heavy atom. The number of nitrogens with zero attached hydrogens (tertiary/aromatic N) is 1. The van der Waals surface area contributed by atoms with Crippen molar-refractivity contribution in [2.24, 2.45) is 5.73 Å². The van der Waals surface area contributed by atoms with Crippen molar-refractivity contribution in [2.75, 3.05) is 13.1 Å². The number of hydrogen-bond acceptors (Lipinski definition) is 2. The molecule has 92 valence electrons. The van der Waals surface area contributed by atoms with Crippen molar-refractivity contribution in [2.45, 2.75) is 12.5 Å². The molecule has 0 radical (unpaired) electrons. The lowest BCUT2D eigenvalue weighted by Gasteiger charge is -2.16. The molecule has 0 bridgehead atoms. The Hall–Kier alpha value is -0.760. The largest absolute Gasteiger partial charge is 0.337 e. The number of carbonyl (C=O) groups excluding carboxylic acids is 1. The predicted molar refractivity (Wildman–Crippen MR) is 67.6 cm³/mol. The molecule has 2 rings (SSSR count). The molecule has 0 aliphatic carbocycles. The molecule has 2 N–H and O–H groups in total. The van der Waals surface area contributed by atoms with E-state index in [9.17, 15) is 13.6 Å². The van der Waals surface area contributed by atoms with Gasteiger partial charge in [-0.1, -0.05) is 0 Å². The first kappa shape index (κ1) is 12.7. The van der Waals surface area contributed by atoms with E-state index in [4.69, 9.17) is 5.73 Å². The molecule has 1 fully saturated rings. The van der Waals surface area contributed by atoms with Crippen LogP contribution in [0.15, 0.2) is 12.1 Å². The van der Waals surface area contributed by atoms with E-state index in [1.807, 2.05) is 0 Å². The van der Waals surface area contributed by atoms with Crippen LogP contribution in [0.5, 0.6) is 0 Å². The van der Waals surface area contributed by atoms with Crippen LogP contribution < -0.4 is 5.73 Å². The zero-order valence-electron chi connectivity index (χ0n) is 8.92. The molecule has 1 amide bonds. The quantitative estimate of drug-likeness (QED) is 0.618. The number of halogens is 3. The van der Waals surface area contributed by atoms with Gasteiger partial charge in [0.2, 0.25) is 0 Å². The number of benzene rings is 1. The maximum Gasteiger partial charge on any atom is 0.256 e. The normalized spacial score (nSPS) is 19.8. The molecule has 1 aliphatic rings. The zero-order valence-corrected chi connectivity index (χ0v) is 11.1. The minimum absolute atomic E-state index is 0.0541. The van der Waals surface area contributed by atoms with Crippen molar-refractivity contribution >= 4 is 28.5 Å². The fourth-order valence-corrected chi connectivity index (χ4v) is 2.30. The summed E-state index contributed by atoms with van der Waals surface area (Å²) in [5.74, 6) is -1.90. The van der Waals surface area contributed by atoms with Crippen LogP contribution >= 0.6 is 22.6 Å². The molecule has 1 heterocycles. The van der Waals surface area contributed by atoms with E-state index in [2.05, 4.69) is 0 Å². The molecule has 1 atom stereocenters. The molecule has 0 saturated carbocycles. The van der Waals surface area contributed by atoms with Crippen LogP contribution in [0.2, 0.25) is 0 Å². The summed E-state index contributed by atoms with van der Waals surface area (Å²) in [6, 6.07) is 1.92. The lowest BCUT2D eigenvalue weighted by molar-refractivity contribution is 0.0786. The summed E-state index contributed by atoms with van der Waals surface area (Å²) < 4.78 is 26.8. The second-order valence-corrected chi connectivity index (χ2v) is 5.21. The molecular weight excluding hydrogens is 341 g/mol. The smallest absolute Gasteiger partial charge is 0.256 e. The van der Waals surface area contributed by atoms with Gasteiger partial charge in [-0.05, 0) is 35.1 Å². The Kier molecular flexibility index (Phi) is 3.62. The topological polar surface area (TPSA) is 46.3 Å². The van der Waals surface area contributed by atoms with E-state index in [0.29, 0.717) is 19.5 Å². The van der Waals surface area contributed by atoms with Crippen LogP contribution in [0.3, 0.4) is 0 Å². The number of likely N-dealkylation sites (tertiary alicyclic amines) is 1. The molecule has 1 aliphatic heterocycles. The van der Waals surface area contributed by atoms with Gasteiger partial charge in [-0.25, -0.2) is 8.78 Å². The Balaban J connectivity index is 2.28. The van der Waals surface area contributed by atoms with Crippen LogP contribution in [-0.2, 0) is 0 Å². The van der Waals surface area contributed by atoms with Crippen molar-refractivity contribution < 1.29 is 13.6 Å². The van der Waals surface area contributed by atoms with Crippen LogP contribution in [0, 0.1) is 15.2 Å². The third kappa shape index (κ3) is 2.57. The van der Waals surface area contributed by atoms with Gasteiger partial charge in [-0.2, -0.15) is 0 Å². The lowest BCUT2D eigenvalue weighted by atomic mass is 10.2. The fourth-order valence-electron chi connectivity index (χ4n) is 1.83. The molecular formula is C11H11F2IN2O. The van der Waals surface area contributed by atoms with Gasteiger partial charge in [0.25, 0.3) is 5.91 Å². The van der Waals surface area contributed by atoms with Crippen LogP contribution in [0.1, 0.15) is 16.8 Å². The summed E-state index contributed by atoms with van der Waals surface area (Å²) in [4.78, 5) is 13.5. The zero-order chi connectivity index (χ0) is 12.6. The highest BCUT2D eigenvalue weighted by atomic mass is 127. The summed E-state index contributed by atoms with van der Waals surface area (Å²) in [6.07, 6.45) is 0.714. The summed E-state index contributed by atoms with van der Waals surface area (Å²) in [6.45, 7) is 0.944. The first-order chi connectivity index (χ1) is 7.99. The molecule has 6 heteroatoms. The van der Waals surface area contributed by atoms with Gasteiger partial charge in [0.15, 0.2) is 0 Å². The third-order valence-corrected chi connectivity index (χ3v) is 3.58. The molecule has 0 spiro atoms. The first-order valence-electron chi connectivity index (χ1n) is 5.18. The van der Waals surface area contributed by atoms with Crippen molar-refractivity contribution in [3.8, 4) is 0 Å². The van der Waals surface area contributed by atoms with Crippen LogP contribution in [0.25, 0.3) is 0 Å². The van der Waals surface area contributed by atoms with Gasteiger partial charge < -0.3 is 10.6 Å². The van der Waals surface area contributed by atoms with Gasteiger partial charge in [0, 0.05) is 28.8 Å². The second kappa shape index (κ2) is 4.85. The highest BCUT2D eigenvalue weighted by Crippen LogP contribution is 2.20. The summed E-state index contributed by atoms with van der Waals surface area (Å²) in [5.41, 5.74) is 5.59. The Bertz CT molecular complexity index is 467. The number of nitrogens with two attached hydrogens (primary N) is 1. The molecule has 1 unspecified atom stereocenters. The molecule has 3 nitrogen and oxygen atoms in total. The highest BCUT2D eigenvalue weighted by molar-refractivity contribution is 14.1. The molecule has 17 heavy (non-hydrogen) atoms. The number of amides is 1. The maximum atomic E-state index is 13.5.